The van der Waals surface area contributed by atoms with Gasteiger partial charge >= 0.3 is 0 Å². The van der Waals surface area contributed by atoms with Gasteiger partial charge in [-0.25, -0.2) is 9.97 Å². The van der Waals surface area contributed by atoms with Gasteiger partial charge in [0.05, 0.1) is 23.2 Å². The fraction of sp³-hybridized carbons (Fsp3) is 0.0455. The smallest absolute Gasteiger partial charge is 0.230 e. The van der Waals surface area contributed by atoms with Crippen LogP contribution in [-0.4, -0.2) is 15.9 Å². The largest absolute Gasteiger partial charge is 0.309 e. The van der Waals surface area contributed by atoms with E-state index in [-0.39, 0.29) is 12.3 Å². The fourth-order valence-corrected chi connectivity index (χ4v) is 3.62. The second-order valence-electron chi connectivity index (χ2n) is 6.15. The number of anilines is 1. The van der Waals surface area contributed by atoms with Gasteiger partial charge in [0, 0.05) is 10.6 Å². The Morgan fingerprint density at radius 3 is 2.50 bits per heavy atom. The number of thiophene rings is 1. The van der Waals surface area contributed by atoms with E-state index in [1.165, 1.54) is 0 Å². The normalized spacial score (nSPS) is 10.6. The van der Waals surface area contributed by atoms with Gasteiger partial charge in [-0.1, -0.05) is 60.1 Å². The lowest BCUT2D eigenvalue weighted by atomic mass is 10.1. The van der Waals surface area contributed by atoms with E-state index in [1.54, 1.807) is 29.7 Å². The Kier molecular flexibility index (Phi) is 5.46. The molecule has 0 unspecified atom stereocenters. The molecule has 6 heteroatoms. The van der Waals surface area contributed by atoms with Crippen molar-refractivity contribution in [3.8, 4) is 21.8 Å². The van der Waals surface area contributed by atoms with Crippen molar-refractivity contribution in [1.29, 1.82) is 0 Å². The van der Waals surface area contributed by atoms with Crippen molar-refractivity contribution in [2.45, 2.75) is 6.42 Å². The number of nitrogens with zero attached hydrogens (tertiary/aromatic N) is 2. The lowest BCUT2D eigenvalue weighted by Crippen LogP contribution is -2.16. The molecule has 0 fully saturated rings. The zero-order valence-corrected chi connectivity index (χ0v) is 16.4. The molecule has 28 heavy (non-hydrogen) atoms. The van der Waals surface area contributed by atoms with Crippen molar-refractivity contribution in [3.63, 3.8) is 0 Å². The molecular weight excluding hydrogens is 390 g/mol. The molecule has 0 bridgehead atoms. The molecule has 0 aliphatic heterocycles. The number of amides is 1. The molecule has 1 amide bonds. The molecule has 4 aromatic rings. The van der Waals surface area contributed by atoms with Gasteiger partial charge in [0.25, 0.3) is 0 Å². The number of rotatable bonds is 5. The summed E-state index contributed by atoms with van der Waals surface area (Å²) in [7, 11) is 0. The first-order valence-electron chi connectivity index (χ1n) is 8.70. The molecule has 0 aliphatic rings. The molecule has 1 N–H and O–H groups in total. The van der Waals surface area contributed by atoms with Gasteiger partial charge in [-0.3, -0.25) is 4.79 Å². The second kappa shape index (κ2) is 8.33. The molecule has 0 saturated heterocycles. The third kappa shape index (κ3) is 4.27. The van der Waals surface area contributed by atoms with Crippen molar-refractivity contribution >= 4 is 34.7 Å². The fourth-order valence-electron chi connectivity index (χ4n) is 2.78. The number of carbonyl (C=O) groups is 1. The van der Waals surface area contributed by atoms with Gasteiger partial charge < -0.3 is 5.32 Å². The summed E-state index contributed by atoms with van der Waals surface area (Å²) in [6.45, 7) is 0. The van der Waals surface area contributed by atoms with Crippen LogP contribution < -0.4 is 5.32 Å². The quantitative estimate of drug-likeness (QED) is 0.463. The van der Waals surface area contributed by atoms with E-state index in [0.717, 1.165) is 21.7 Å². The Morgan fingerprint density at radius 1 is 1.00 bits per heavy atom. The number of benzene rings is 2. The van der Waals surface area contributed by atoms with E-state index in [9.17, 15) is 4.79 Å². The highest BCUT2D eigenvalue weighted by Gasteiger charge is 2.15. The Morgan fingerprint density at radius 2 is 1.79 bits per heavy atom. The average Bonchev–Trinajstić information content (AvgIpc) is 3.25. The summed E-state index contributed by atoms with van der Waals surface area (Å²) in [5.74, 6) is 0.308. The van der Waals surface area contributed by atoms with Crippen LogP contribution >= 0.6 is 22.9 Å². The van der Waals surface area contributed by atoms with Gasteiger partial charge in [-0.15, -0.1) is 11.3 Å². The summed E-state index contributed by atoms with van der Waals surface area (Å²) in [4.78, 5) is 22.8. The zero-order valence-electron chi connectivity index (χ0n) is 14.8. The topological polar surface area (TPSA) is 54.9 Å². The van der Waals surface area contributed by atoms with Crippen LogP contribution in [0.15, 0.2) is 78.3 Å². The maximum absolute atomic E-state index is 12.5. The third-order valence-electron chi connectivity index (χ3n) is 4.13. The highest BCUT2D eigenvalue weighted by molar-refractivity contribution is 7.13. The predicted octanol–water partition coefficient (Wildman–Crippen LogP) is 5.71. The molecule has 2 aromatic carbocycles. The van der Waals surface area contributed by atoms with Crippen LogP contribution in [0.2, 0.25) is 5.02 Å². The molecule has 0 aliphatic carbocycles. The number of halogens is 1. The molecule has 0 saturated carbocycles. The van der Waals surface area contributed by atoms with E-state index < -0.39 is 0 Å². The zero-order chi connectivity index (χ0) is 19.3. The van der Waals surface area contributed by atoms with Crippen LogP contribution in [0.3, 0.4) is 0 Å². The summed E-state index contributed by atoms with van der Waals surface area (Å²) in [6.07, 6.45) is 1.92. The van der Waals surface area contributed by atoms with Crippen molar-refractivity contribution in [2.75, 3.05) is 5.32 Å². The predicted molar refractivity (Wildman–Crippen MR) is 115 cm³/mol. The van der Waals surface area contributed by atoms with Crippen molar-refractivity contribution in [3.05, 3.63) is 88.9 Å². The van der Waals surface area contributed by atoms with Gasteiger partial charge in [0.1, 0.15) is 5.69 Å². The van der Waals surface area contributed by atoms with E-state index in [2.05, 4.69) is 10.3 Å². The molecule has 4 nitrogen and oxygen atoms in total. The number of nitrogens with one attached hydrogen (secondary N) is 1. The third-order valence-corrected chi connectivity index (χ3v) is 5.26. The van der Waals surface area contributed by atoms with Gasteiger partial charge in [0.2, 0.25) is 5.91 Å². The maximum Gasteiger partial charge on any atom is 0.230 e. The van der Waals surface area contributed by atoms with Crippen molar-refractivity contribution in [2.24, 2.45) is 0 Å². The van der Waals surface area contributed by atoms with Crippen molar-refractivity contribution in [1.82, 2.24) is 9.97 Å². The average molecular weight is 406 g/mol. The van der Waals surface area contributed by atoms with Crippen LogP contribution in [0.1, 0.15) is 5.56 Å². The summed E-state index contributed by atoms with van der Waals surface area (Å²) < 4.78 is 0. The molecular formula is C22H16ClN3OS. The minimum absolute atomic E-state index is 0.151. The second-order valence-corrected chi connectivity index (χ2v) is 7.53. The van der Waals surface area contributed by atoms with Gasteiger partial charge in [-0.2, -0.15) is 0 Å². The lowest BCUT2D eigenvalue weighted by molar-refractivity contribution is -0.115. The standard InChI is InChI=1S/C22H16ClN3OS/c23-17-10-8-15(9-11-17)13-20(27)26-22-21(19-7-4-12-28-19)25-18(14-24-22)16-5-2-1-3-6-16/h1-12,14H,13H2,(H,24,26,27). The number of aromatic nitrogens is 2. The Labute approximate surface area is 171 Å². The number of hydrogen-bond acceptors (Lipinski definition) is 4. The maximum atomic E-state index is 12.5. The first-order chi connectivity index (χ1) is 13.7. The van der Waals surface area contributed by atoms with E-state index in [1.807, 2.05) is 60.0 Å². The van der Waals surface area contributed by atoms with Crippen LogP contribution in [0.5, 0.6) is 0 Å². The van der Waals surface area contributed by atoms with Crippen molar-refractivity contribution < 1.29 is 4.79 Å². The summed E-state index contributed by atoms with van der Waals surface area (Å²) >= 11 is 7.46. The monoisotopic (exact) mass is 405 g/mol. The summed E-state index contributed by atoms with van der Waals surface area (Å²) in [5, 5.41) is 5.52. The van der Waals surface area contributed by atoms with Crippen LogP contribution in [-0.2, 0) is 11.2 Å². The molecule has 4 rings (SSSR count). The number of carbonyl (C=O) groups excluding carboxylic acids is 1. The summed E-state index contributed by atoms with van der Waals surface area (Å²) in [6, 6.07) is 21.0. The summed E-state index contributed by atoms with van der Waals surface area (Å²) in [5.41, 5.74) is 3.29. The van der Waals surface area contributed by atoms with E-state index in [0.29, 0.717) is 16.5 Å². The molecule has 2 aromatic heterocycles. The molecule has 0 spiro atoms. The molecule has 2 heterocycles. The Hall–Kier alpha value is -3.02. The van der Waals surface area contributed by atoms with E-state index >= 15 is 0 Å². The lowest BCUT2D eigenvalue weighted by Gasteiger charge is -2.11. The van der Waals surface area contributed by atoms with Crippen LogP contribution in [0.25, 0.3) is 21.8 Å². The van der Waals surface area contributed by atoms with Gasteiger partial charge in [-0.05, 0) is 29.1 Å². The highest BCUT2D eigenvalue weighted by atomic mass is 35.5. The Balaban J connectivity index is 1.62. The first kappa shape index (κ1) is 18.3. The molecule has 0 radical (unpaired) electrons. The minimum Gasteiger partial charge on any atom is -0.309 e. The minimum atomic E-state index is -0.151. The highest BCUT2D eigenvalue weighted by Crippen LogP contribution is 2.30. The number of hydrogen-bond donors (Lipinski definition) is 1. The molecule has 0 atom stereocenters. The van der Waals surface area contributed by atoms with Crippen LogP contribution in [0, 0.1) is 0 Å². The Bertz CT molecular complexity index is 1080. The van der Waals surface area contributed by atoms with E-state index in [4.69, 9.17) is 16.6 Å². The van der Waals surface area contributed by atoms with Gasteiger partial charge in [0.15, 0.2) is 5.82 Å². The first-order valence-corrected chi connectivity index (χ1v) is 9.95. The van der Waals surface area contributed by atoms with Crippen LogP contribution in [0.4, 0.5) is 5.82 Å². The molecule has 138 valence electrons. The SMILES string of the molecule is O=C(Cc1ccc(Cl)cc1)Nc1ncc(-c2ccccc2)nc1-c1cccs1.